The monoisotopic (exact) mass is 618 g/mol. The van der Waals surface area contributed by atoms with Gasteiger partial charge in [-0.2, -0.15) is 0 Å². The Bertz CT molecular complexity index is 1560. The molecule has 13 heteroatoms. The lowest BCUT2D eigenvalue weighted by molar-refractivity contribution is -0.149. The summed E-state index contributed by atoms with van der Waals surface area (Å²) >= 11 is 7.49. The van der Waals surface area contributed by atoms with E-state index in [0.717, 1.165) is 6.07 Å². The third kappa shape index (κ3) is 5.57. The van der Waals surface area contributed by atoms with Crippen molar-refractivity contribution in [2.75, 3.05) is 6.61 Å². The molecule has 1 saturated carbocycles. The second kappa shape index (κ2) is 11.9. The number of halogens is 3. The smallest absolute Gasteiger partial charge is 0.335 e. The second-order valence-electron chi connectivity index (χ2n) is 10.7. The third-order valence-corrected chi connectivity index (χ3v) is 8.90. The van der Waals surface area contributed by atoms with Crippen molar-refractivity contribution in [3.05, 3.63) is 80.1 Å². The number of allylic oxidation sites excluding steroid dienone is 1. The summed E-state index contributed by atoms with van der Waals surface area (Å²) in [6.07, 6.45) is 5.54. The zero-order valence-electron chi connectivity index (χ0n) is 23.1. The molecular weight excluding hydrogens is 590 g/mol. The zero-order chi connectivity index (χ0) is 30.2. The Hall–Kier alpha value is -3.64. The highest BCUT2D eigenvalue weighted by Crippen LogP contribution is 2.44. The maximum absolute atomic E-state index is 14.5. The van der Waals surface area contributed by atoms with Gasteiger partial charge in [-0.1, -0.05) is 17.7 Å². The minimum Gasteiger partial charge on any atom is -0.478 e. The molecule has 1 atom stereocenters. The van der Waals surface area contributed by atoms with Crippen molar-refractivity contribution >= 4 is 40.7 Å². The van der Waals surface area contributed by atoms with Crippen molar-refractivity contribution in [1.29, 1.82) is 0 Å². The Kier molecular flexibility index (Phi) is 8.47. The molecule has 3 aromatic rings. The maximum atomic E-state index is 14.5. The maximum Gasteiger partial charge on any atom is 0.335 e. The van der Waals surface area contributed by atoms with Crippen LogP contribution in [-0.4, -0.2) is 39.5 Å². The van der Waals surface area contributed by atoms with Crippen molar-refractivity contribution in [3.63, 3.8) is 0 Å². The lowest BCUT2D eigenvalue weighted by Crippen LogP contribution is -2.37. The number of aliphatic carboxylic acids is 1. The number of aromatic nitrogens is 2. The number of aliphatic imine (C=N–C) groups is 1. The van der Waals surface area contributed by atoms with E-state index in [1.807, 2.05) is 0 Å². The fourth-order valence-corrected chi connectivity index (χ4v) is 6.20. The number of esters is 1. The Balaban J connectivity index is 1.44. The molecule has 2 aromatic heterocycles. The number of carboxylic acids is 1. The van der Waals surface area contributed by atoms with E-state index < -0.39 is 40.1 Å². The molecule has 0 spiro atoms. The number of ether oxygens (including phenoxy) is 1. The van der Waals surface area contributed by atoms with E-state index in [1.165, 1.54) is 23.7 Å². The van der Waals surface area contributed by atoms with Gasteiger partial charge in [-0.25, -0.2) is 23.5 Å². The van der Waals surface area contributed by atoms with Gasteiger partial charge < -0.3 is 19.6 Å². The van der Waals surface area contributed by atoms with E-state index in [1.54, 1.807) is 32.3 Å². The van der Waals surface area contributed by atoms with E-state index in [9.17, 15) is 23.5 Å². The first-order chi connectivity index (χ1) is 20.0. The number of benzene rings is 1. The van der Waals surface area contributed by atoms with E-state index in [2.05, 4.69) is 20.3 Å². The van der Waals surface area contributed by atoms with Gasteiger partial charge in [0.05, 0.1) is 22.9 Å². The van der Waals surface area contributed by atoms with Crippen LogP contribution in [0.3, 0.4) is 0 Å². The summed E-state index contributed by atoms with van der Waals surface area (Å²) in [6, 6.07) is 0.988. The van der Waals surface area contributed by atoms with Crippen LogP contribution in [0.5, 0.6) is 0 Å². The Morgan fingerprint density at radius 3 is 2.57 bits per heavy atom. The van der Waals surface area contributed by atoms with Crippen LogP contribution < -0.4 is 5.32 Å². The van der Waals surface area contributed by atoms with Gasteiger partial charge >= 0.3 is 11.9 Å². The molecule has 1 unspecified atom stereocenters. The fraction of sp³-hybridized carbons (Fsp3) is 0.414. The second-order valence-corrected chi connectivity index (χ2v) is 12.0. The Labute approximate surface area is 249 Å². The van der Waals surface area contributed by atoms with Gasteiger partial charge in [-0.15, -0.1) is 11.3 Å². The minimum absolute atomic E-state index is 0.0333. The summed E-state index contributed by atoms with van der Waals surface area (Å²) in [5, 5.41) is 15.3. The zero-order valence-corrected chi connectivity index (χ0v) is 24.7. The average Bonchev–Trinajstić information content (AvgIpc) is 3.69. The van der Waals surface area contributed by atoms with Gasteiger partial charge in [0.1, 0.15) is 17.7 Å². The molecule has 1 aliphatic heterocycles. The third-order valence-electron chi connectivity index (χ3n) is 7.73. The summed E-state index contributed by atoms with van der Waals surface area (Å²) in [5.74, 6) is -3.44. The highest BCUT2D eigenvalue weighted by Gasteiger charge is 2.39. The number of thiazole rings is 1. The number of nitrogens with zero attached hydrogens (tertiary/aromatic N) is 3. The van der Waals surface area contributed by atoms with Crippen LogP contribution in [0.4, 0.5) is 8.78 Å². The summed E-state index contributed by atoms with van der Waals surface area (Å²) in [7, 11) is 0. The SMILES string of the molecule is CCOC(=O)C(C)(C)c1coc(C2CCC(C3=C(C(=O)O)C(c4ccc(F)c(F)c4Cl)N=C(c4nccs4)N3)CC2)n1. The number of hydrogen-bond donors (Lipinski definition) is 2. The molecule has 2 aliphatic rings. The largest absolute Gasteiger partial charge is 0.478 e. The molecule has 1 aromatic carbocycles. The molecule has 2 N–H and O–H groups in total. The predicted molar refractivity (Wildman–Crippen MR) is 151 cm³/mol. The number of carbonyl (C=O) groups is 2. The van der Waals surface area contributed by atoms with Crippen molar-refractivity contribution in [3.8, 4) is 0 Å². The Morgan fingerprint density at radius 2 is 1.93 bits per heavy atom. The highest BCUT2D eigenvalue weighted by atomic mass is 35.5. The molecule has 0 saturated heterocycles. The quantitative estimate of drug-likeness (QED) is 0.222. The number of nitrogens with one attached hydrogen (secondary N) is 1. The van der Waals surface area contributed by atoms with Crippen molar-refractivity contribution in [2.24, 2.45) is 10.9 Å². The first kappa shape index (κ1) is 29.8. The molecule has 3 heterocycles. The molecule has 0 radical (unpaired) electrons. The van der Waals surface area contributed by atoms with Crippen molar-refractivity contribution in [2.45, 2.75) is 63.8 Å². The minimum atomic E-state index is -1.26. The van der Waals surface area contributed by atoms with Crippen LogP contribution in [0.1, 0.15) is 80.6 Å². The van der Waals surface area contributed by atoms with Crippen LogP contribution in [0.15, 0.2) is 50.7 Å². The van der Waals surface area contributed by atoms with Gasteiger partial charge in [0.15, 0.2) is 28.4 Å². The summed E-state index contributed by atoms with van der Waals surface area (Å²) < 4.78 is 39.3. The molecule has 0 amide bonds. The standard InChI is InChI=1S/C29H29ClF2N4O5S/c1-4-40-28(39)29(2,3)18-13-41-25(34-18)15-7-5-14(6-8-15)22-19(27(37)38)23(16-9-10-17(31)21(32)20(16)30)36-24(35-22)26-33-11-12-42-26/h9-15,23H,4-8H2,1-3H3,(H,35,36)(H,37,38). The number of oxazole rings is 1. The van der Waals surface area contributed by atoms with Crippen LogP contribution in [-0.2, 0) is 19.7 Å². The number of carbonyl (C=O) groups excluding carboxylic acids is 1. The number of amidine groups is 1. The van der Waals surface area contributed by atoms with Crippen LogP contribution >= 0.6 is 22.9 Å². The molecule has 222 valence electrons. The van der Waals surface area contributed by atoms with Crippen molar-refractivity contribution < 1.29 is 32.6 Å². The fourth-order valence-electron chi connectivity index (χ4n) is 5.36. The first-order valence-corrected chi connectivity index (χ1v) is 14.8. The van der Waals surface area contributed by atoms with Crippen LogP contribution in [0.2, 0.25) is 5.02 Å². The van der Waals surface area contributed by atoms with Crippen molar-refractivity contribution in [1.82, 2.24) is 15.3 Å². The molecule has 1 fully saturated rings. The number of carboxylic acid groups (broad SMARTS) is 1. The predicted octanol–water partition coefficient (Wildman–Crippen LogP) is 6.31. The number of rotatable bonds is 8. The number of hydrogen-bond acceptors (Lipinski definition) is 9. The van der Waals surface area contributed by atoms with Gasteiger partial charge in [0.2, 0.25) is 0 Å². The van der Waals surface area contributed by atoms with E-state index in [4.69, 9.17) is 20.8 Å². The van der Waals surface area contributed by atoms with E-state index in [-0.39, 0.29) is 29.6 Å². The van der Waals surface area contributed by atoms with Crippen LogP contribution in [0.25, 0.3) is 0 Å². The van der Waals surface area contributed by atoms with Gasteiger partial charge in [0.25, 0.3) is 0 Å². The lowest BCUT2D eigenvalue weighted by atomic mass is 9.78. The highest BCUT2D eigenvalue weighted by molar-refractivity contribution is 7.11. The molecular formula is C29H29ClF2N4O5S. The van der Waals surface area contributed by atoms with Gasteiger partial charge in [-0.05, 0) is 58.4 Å². The molecule has 0 bridgehead atoms. The Morgan fingerprint density at radius 1 is 1.21 bits per heavy atom. The molecule has 9 nitrogen and oxygen atoms in total. The molecule has 5 rings (SSSR count). The van der Waals surface area contributed by atoms with Gasteiger partial charge in [-0.3, -0.25) is 9.79 Å². The summed E-state index contributed by atoms with van der Waals surface area (Å²) in [4.78, 5) is 38.6. The van der Waals surface area contributed by atoms with Gasteiger partial charge in [0, 0.05) is 28.8 Å². The van der Waals surface area contributed by atoms with Crippen LogP contribution in [0, 0.1) is 17.6 Å². The molecule has 1 aliphatic carbocycles. The molecule has 42 heavy (non-hydrogen) atoms. The first-order valence-electron chi connectivity index (χ1n) is 13.5. The normalized spacial score (nSPS) is 21.1. The summed E-state index contributed by atoms with van der Waals surface area (Å²) in [6.45, 7) is 5.47. The average molecular weight is 619 g/mol. The lowest BCUT2D eigenvalue weighted by Gasteiger charge is -2.34. The topological polar surface area (TPSA) is 127 Å². The van der Waals surface area contributed by atoms with E-state index in [0.29, 0.717) is 53.8 Å². The summed E-state index contributed by atoms with van der Waals surface area (Å²) in [5.41, 5.74) is -0.0847. The van der Waals surface area contributed by atoms with E-state index >= 15 is 0 Å².